The molecule has 0 radical (unpaired) electrons. The second-order valence-electron chi connectivity index (χ2n) is 9.32. The molecule has 10 heteroatoms. The summed E-state index contributed by atoms with van der Waals surface area (Å²) in [6.45, 7) is 4.67. The third-order valence-electron chi connectivity index (χ3n) is 6.45. The van der Waals surface area contributed by atoms with Gasteiger partial charge >= 0.3 is 5.82 Å². The van der Waals surface area contributed by atoms with Crippen molar-refractivity contribution in [2.45, 2.75) is 45.8 Å². The van der Waals surface area contributed by atoms with Gasteiger partial charge in [-0.05, 0) is 93.8 Å². The van der Waals surface area contributed by atoms with E-state index in [1.54, 1.807) is 19.2 Å². The predicted octanol–water partition coefficient (Wildman–Crippen LogP) is 6.60. The lowest BCUT2D eigenvalue weighted by molar-refractivity contribution is -0.390. The van der Waals surface area contributed by atoms with E-state index < -0.39 is 22.7 Å². The summed E-state index contributed by atoms with van der Waals surface area (Å²) in [7, 11) is 0. The number of hydrogen-bond acceptors (Lipinski definition) is 6. The molecule has 8 nitrogen and oxygen atoms in total. The lowest BCUT2D eigenvalue weighted by Gasteiger charge is -2.19. The number of halogens is 2. The highest BCUT2D eigenvalue weighted by Gasteiger charge is 2.25. The van der Waals surface area contributed by atoms with Crippen LogP contribution in [0.25, 0.3) is 11.3 Å². The van der Waals surface area contributed by atoms with Crippen LogP contribution < -0.4 is 4.74 Å². The van der Waals surface area contributed by atoms with Gasteiger partial charge in [-0.25, -0.2) is 4.39 Å². The van der Waals surface area contributed by atoms with Crippen LogP contribution in [0.4, 0.5) is 10.2 Å². The van der Waals surface area contributed by atoms with Gasteiger partial charge in [-0.2, -0.15) is 5.10 Å². The second-order valence-corrected chi connectivity index (χ2v) is 10.2. The van der Waals surface area contributed by atoms with Gasteiger partial charge in [0.15, 0.2) is 6.20 Å². The van der Waals surface area contributed by atoms with E-state index in [0.29, 0.717) is 27.7 Å². The molecule has 0 unspecified atom stereocenters. The summed E-state index contributed by atoms with van der Waals surface area (Å²) in [5.74, 6) is -0.140. The molecule has 0 aliphatic heterocycles. The molecule has 4 aromatic rings. The number of aromatic nitrogens is 4. The minimum Gasteiger partial charge on any atom is -0.478 e. The van der Waals surface area contributed by atoms with E-state index in [1.165, 1.54) is 37.2 Å². The number of nitrogens with zero attached hydrogens (tertiary/aromatic N) is 5. The third kappa shape index (κ3) is 5.69. The van der Waals surface area contributed by atoms with E-state index >= 15 is 0 Å². The molecule has 3 aromatic heterocycles. The summed E-state index contributed by atoms with van der Waals surface area (Å²) in [6, 6.07) is 9.80. The van der Waals surface area contributed by atoms with Gasteiger partial charge in [0.1, 0.15) is 11.9 Å². The van der Waals surface area contributed by atoms with Crippen LogP contribution in [0.1, 0.15) is 48.3 Å². The Balaban J connectivity index is 1.49. The minimum atomic E-state index is -0.724. The van der Waals surface area contributed by atoms with E-state index in [-0.39, 0.29) is 5.75 Å². The highest BCUT2D eigenvalue weighted by atomic mass is 79.9. The molecule has 190 valence electrons. The van der Waals surface area contributed by atoms with Crippen LogP contribution >= 0.6 is 15.9 Å². The average Bonchev–Trinajstić information content (AvgIpc) is 3.61. The van der Waals surface area contributed by atoms with Gasteiger partial charge < -0.3 is 14.9 Å². The monoisotopic (exact) mass is 565 g/mol. The van der Waals surface area contributed by atoms with Gasteiger partial charge in [-0.3, -0.25) is 9.67 Å². The Kier molecular flexibility index (Phi) is 7.01. The summed E-state index contributed by atoms with van der Waals surface area (Å²) in [5.41, 5.74) is 4.96. The SMILES string of the molecule is Cc1nn(CC2CC2)cc1Cc1cccnc1-c1ccc(F)cc1[C@@H](C)Oc1cc(Br)cnc1[N+](=O)[O-]. The summed E-state index contributed by atoms with van der Waals surface area (Å²) in [5, 5.41) is 16.2. The summed E-state index contributed by atoms with van der Waals surface area (Å²) in [6.07, 6.45) is 7.54. The van der Waals surface area contributed by atoms with Crippen LogP contribution in [-0.2, 0) is 13.0 Å². The minimum absolute atomic E-state index is 0.0120. The maximum atomic E-state index is 14.4. The van der Waals surface area contributed by atoms with Crippen molar-refractivity contribution in [3.05, 3.63) is 97.8 Å². The standard InChI is InChI=1S/C27H25BrFN5O3/c1-16-20(15-33(32-16)14-18-5-6-18)10-19-4-3-9-30-26(19)23-8-7-22(29)12-24(23)17(2)37-25-11-21(28)13-31-27(25)34(35)36/h3-4,7-9,11-13,15,17-18H,5-6,10,14H2,1-2H3/t17-/m1/s1. The number of aryl methyl sites for hydroxylation is 1. The van der Waals surface area contributed by atoms with Crippen molar-refractivity contribution in [3.8, 4) is 17.0 Å². The Morgan fingerprint density at radius 3 is 2.81 bits per heavy atom. The van der Waals surface area contributed by atoms with Crippen molar-refractivity contribution in [1.29, 1.82) is 0 Å². The molecule has 1 saturated carbocycles. The topological polar surface area (TPSA) is 96.0 Å². The Labute approximate surface area is 221 Å². The first kappa shape index (κ1) is 25.0. The molecule has 1 aromatic carbocycles. The van der Waals surface area contributed by atoms with Gasteiger partial charge in [-0.15, -0.1) is 0 Å². The van der Waals surface area contributed by atoms with E-state index in [9.17, 15) is 14.5 Å². The maximum absolute atomic E-state index is 14.4. The van der Waals surface area contributed by atoms with Gasteiger partial charge in [0.05, 0.1) is 15.9 Å². The molecular weight excluding hydrogens is 541 g/mol. The fourth-order valence-corrected chi connectivity index (χ4v) is 4.71. The molecule has 0 N–H and O–H groups in total. The van der Waals surface area contributed by atoms with Gasteiger partial charge in [0, 0.05) is 42.6 Å². The van der Waals surface area contributed by atoms with Gasteiger partial charge in [0.25, 0.3) is 0 Å². The molecule has 1 fully saturated rings. The lowest BCUT2D eigenvalue weighted by atomic mass is 9.94. The van der Waals surface area contributed by atoms with Crippen molar-refractivity contribution < 1.29 is 14.1 Å². The van der Waals surface area contributed by atoms with Crippen LogP contribution in [-0.4, -0.2) is 24.7 Å². The van der Waals surface area contributed by atoms with Crippen LogP contribution in [0, 0.1) is 28.8 Å². The Morgan fingerprint density at radius 1 is 1.24 bits per heavy atom. The third-order valence-corrected chi connectivity index (χ3v) is 6.88. The fraction of sp³-hybridized carbons (Fsp3) is 0.296. The molecule has 37 heavy (non-hydrogen) atoms. The first-order chi connectivity index (χ1) is 17.8. The highest BCUT2D eigenvalue weighted by molar-refractivity contribution is 9.10. The zero-order valence-electron chi connectivity index (χ0n) is 20.4. The van der Waals surface area contributed by atoms with E-state index in [2.05, 4.69) is 37.2 Å². The lowest BCUT2D eigenvalue weighted by Crippen LogP contribution is -2.09. The molecule has 1 atom stereocenters. The number of ether oxygens (including phenoxy) is 1. The first-order valence-corrected chi connectivity index (χ1v) is 12.8. The Bertz CT molecular complexity index is 1470. The van der Waals surface area contributed by atoms with Gasteiger partial charge in [-0.1, -0.05) is 6.07 Å². The van der Waals surface area contributed by atoms with E-state index in [4.69, 9.17) is 4.74 Å². The van der Waals surface area contributed by atoms with Crippen molar-refractivity contribution in [1.82, 2.24) is 19.7 Å². The summed E-state index contributed by atoms with van der Waals surface area (Å²) in [4.78, 5) is 19.4. The van der Waals surface area contributed by atoms with Crippen LogP contribution in [0.5, 0.6) is 5.75 Å². The zero-order valence-corrected chi connectivity index (χ0v) is 22.0. The molecule has 0 spiro atoms. The van der Waals surface area contributed by atoms with Crippen molar-refractivity contribution in [3.63, 3.8) is 0 Å². The molecule has 0 amide bonds. The number of hydrogen-bond donors (Lipinski definition) is 0. The fourth-order valence-electron chi connectivity index (χ4n) is 4.40. The molecule has 1 aliphatic carbocycles. The van der Waals surface area contributed by atoms with Crippen LogP contribution in [0.3, 0.4) is 0 Å². The molecule has 3 heterocycles. The Morgan fingerprint density at radius 2 is 2.05 bits per heavy atom. The predicted molar refractivity (Wildman–Crippen MR) is 140 cm³/mol. The van der Waals surface area contributed by atoms with Crippen molar-refractivity contribution in [2.24, 2.45) is 5.92 Å². The molecule has 5 rings (SSSR count). The van der Waals surface area contributed by atoms with Crippen molar-refractivity contribution in [2.75, 3.05) is 0 Å². The van der Waals surface area contributed by atoms with E-state index in [1.807, 2.05) is 23.7 Å². The summed E-state index contributed by atoms with van der Waals surface area (Å²) < 4.78 is 23.0. The molecule has 1 aliphatic rings. The maximum Gasteiger partial charge on any atom is 0.406 e. The van der Waals surface area contributed by atoms with Crippen LogP contribution in [0.2, 0.25) is 0 Å². The van der Waals surface area contributed by atoms with Crippen molar-refractivity contribution >= 4 is 21.7 Å². The second kappa shape index (κ2) is 10.4. The summed E-state index contributed by atoms with van der Waals surface area (Å²) >= 11 is 3.28. The molecule has 0 saturated heterocycles. The van der Waals surface area contributed by atoms with Crippen LogP contribution in [0.15, 0.2) is 59.5 Å². The highest BCUT2D eigenvalue weighted by Crippen LogP contribution is 2.36. The quantitative estimate of drug-likeness (QED) is 0.167. The Hall–Kier alpha value is -3.66. The number of benzene rings is 1. The van der Waals surface area contributed by atoms with Gasteiger partial charge in [0.2, 0.25) is 5.75 Å². The zero-order chi connectivity index (χ0) is 26.1. The first-order valence-electron chi connectivity index (χ1n) is 12.0. The number of rotatable bonds is 9. The molecular formula is C27H25BrFN5O3. The van der Waals surface area contributed by atoms with E-state index in [0.717, 1.165) is 29.3 Å². The largest absolute Gasteiger partial charge is 0.478 e. The number of nitro groups is 1. The normalized spacial score (nSPS) is 13.9. The molecule has 0 bridgehead atoms. The number of pyridine rings is 2. The smallest absolute Gasteiger partial charge is 0.406 e. The average molecular weight is 566 g/mol.